The lowest BCUT2D eigenvalue weighted by Crippen LogP contribution is -2.28. The van der Waals surface area contributed by atoms with E-state index in [1.165, 1.54) is 28.8 Å². The standard InChI is InChI=1S/C22H28N6O2/c1-16-6-4-13-27(16)14-5-15-30-18-9-7-17(8-10-18)19-11-12-20-23-24-21(28(20)25-19)22(29)26(2)3/h7-12,16H,4-6,13-15H2,1-3H3/t16-/m1/s1. The van der Waals surface area contributed by atoms with Crippen LogP contribution in [0.15, 0.2) is 36.4 Å². The van der Waals surface area contributed by atoms with Crippen molar-refractivity contribution < 1.29 is 9.53 Å². The maximum absolute atomic E-state index is 12.3. The van der Waals surface area contributed by atoms with Crippen LogP contribution < -0.4 is 4.74 Å². The molecule has 0 unspecified atom stereocenters. The Hall–Kier alpha value is -3.00. The Kier molecular flexibility index (Phi) is 5.94. The van der Waals surface area contributed by atoms with Crippen molar-refractivity contribution in [2.75, 3.05) is 33.8 Å². The van der Waals surface area contributed by atoms with Crippen molar-refractivity contribution in [3.63, 3.8) is 0 Å². The SMILES string of the molecule is C[C@@H]1CCCN1CCCOc1ccc(-c2ccc3nnc(C(=O)N(C)C)n3n2)cc1. The topological polar surface area (TPSA) is 75.9 Å². The number of carbonyl (C=O) groups is 1. The number of likely N-dealkylation sites (tertiary alicyclic amines) is 1. The molecule has 0 radical (unpaired) electrons. The van der Waals surface area contributed by atoms with Crippen molar-refractivity contribution in [1.82, 2.24) is 29.6 Å². The molecular weight excluding hydrogens is 380 g/mol. The van der Waals surface area contributed by atoms with Crippen LogP contribution in [-0.2, 0) is 0 Å². The quantitative estimate of drug-likeness (QED) is 0.560. The van der Waals surface area contributed by atoms with Gasteiger partial charge in [0, 0.05) is 32.2 Å². The highest BCUT2D eigenvalue weighted by molar-refractivity contribution is 5.90. The monoisotopic (exact) mass is 408 g/mol. The number of carbonyl (C=O) groups excluding carboxylic acids is 1. The van der Waals surface area contributed by atoms with Crippen LogP contribution in [0.3, 0.4) is 0 Å². The second kappa shape index (κ2) is 8.79. The summed E-state index contributed by atoms with van der Waals surface area (Å²) in [7, 11) is 3.36. The van der Waals surface area contributed by atoms with Crippen LogP contribution in [0, 0.1) is 0 Å². The van der Waals surface area contributed by atoms with E-state index in [9.17, 15) is 4.79 Å². The fourth-order valence-electron chi connectivity index (χ4n) is 3.78. The first-order valence-electron chi connectivity index (χ1n) is 10.4. The summed E-state index contributed by atoms with van der Waals surface area (Å²) >= 11 is 0. The Labute approximate surface area is 176 Å². The zero-order valence-corrected chi connectivity index (χ0v) is 17.8. The van der Waals surface area contributed by atoms with E-state index in [4.69, 9.17) is 4.74 Å². The van der Waals surface area contributed by atoms with Gasteiger partial charge in [0.15, 0.2) is 5.65 Å². The van der Waals surface area contributed by atoms with Crippen molar-refractivity contribution in [2.45, 2.75) is 32.2 Å². The number of fused-ring (bicyclic) bond motifs is 1. The number of hydrogen-bond acceptors (Lipinski definition) is 6. The number of nitrogens with zero attached hydrogens (tertiary/aromatic N) is 6. The number of ether oxygens (including phenoxy) is 1. The number of aromatic nitrogens is 4. The van der Waals surface area contributed by atoms with Crippen LogP contribution in [0.1, 0.15) is 36.8 Å². The third kappa shape index (κ3) is 4.28. The van der Waals surface area contributed by atoms with E-state index >= 15 is 0 Å². The molecule has 4 rings (SSSR count). The van der Waals surface area contributed by atoms with E-state index in [0.29, 0.717) is 18.3 Å². The fourth-order valence-corrected chi connectivity index (χ4v) is 3.78. The molecule has 1 atom stereocenters. The summed E-state index contributed by atoms with van der Waals surface area (Å²) in [5.41, 5.74) is 2.22. The Morgan fingerprint density at radius 1 is 1.17 bits per heavy atom. The first-order valence-corrected chi connectivity index (χ1v) is 10.4. The zero-order chi connectivity index (χ0) is 21.1. The molecule has 0 N–H and O–H groups in total. The first-order chi connectivity index (χ1) is 14.5. The Morgan fingerprint density at radius 3 is 2.67 bits per heavy atom. The summed E-state index contributed by atoms with van der Waals surface area (Å²) in [6.07, 6.45) is 3.64. The lowest BCUT2D eigenvalue weighted by molar-refractivity contribution is 0.0813. The minimum Gasteiger partial charge on any atom is -0.494 e. The predicted octanol–water partition coefficient (Wildman–Crippen LogP) is 2.75. The summed E-state index contributed by atoms with van der Waals surface area (Å²) in [5, 5.41) is 12.6. The molecule has 0 spiro atoms. The number of amides is 1. The van der Waals surface area contributed by atoms with E-state index in [2.05, 4.69) is 27.1 Å². The minimum atomic E-state index is -0.237. The maximum Gasteiger partial charge on any atom is 0.293 e. The van der Waals surface area contributed by atoms with Crippen LogP contribution in [0.4, 0.5) is 0 Å². The highest BCUT2D eigenvalue weighted by atomic mass is 16.5. The molecule has 8 nitrogen and oxygen atoms in total. The molecular formula is C22H28N6O2. The van der Waals surface area contributed by atoms with Crippen molar-refractivity contribution in [1.29, 1.82) is 0 Å². The van der Waals surface area contributed by atoms with E-state index < -0.39 is 0 Å². The lowest BCUT2D eigenvalue weighted by Gasteiger charge is -2.20. The Bertz CT molecular complexity index is 1010. The summed E-state index contributed by atoms with van der Waals surface area (Å²) in [6, 6.07) is 12.3. The first kappa shape index (κ1) is 20.3. The van der Waals surface area contributed by atoms with E-state index in [-0.39, 0.29) is 11.7 Å². The van der Waals surface area contributed by atoms with Gasteiger partial charge in [0.25, 0.3) is 5.91 Å². The van der Waals surface area contributed by atoms with Crippen LogP contribution in [0.2, 0.25) is 0 Å². The summed E-state index contributed by atoms with van der Waals surface area (Å²) in [5.74, 6) is 0.811. The molecule has 1 fully saturated rings. The van der Waals surface area contributed by atoms with Gasteiger partial charge in [-0.15, -0.1) is 10.2 Å². The summed E-state index contributed by atoms with van der Waals surface area (Å²) in [6.45, 7) is 5.32. The second-order valence-corrected chi connectivity index (χ2v) is 7.97. The minimum absolute atomic E-state index is 0.198. The van der Waals surface area contributed by atoms with Crippen molar-refractivity contribution >= 4 is 11.6 Å². The number of hydrogen-bond donors (Lipinski definition) is 0. The predicted molar refractivity (Wildman–Crippen MR) is 115 cm³/mol. The van der Waals surface area contributed by atoms with Gasteiger partial charge in [-0.3, -0.25) is 4.79 Å². The molecule has 3 aromatic rings. The van der Waals surface area contributed by atoms with Gasteiger partial charge < -0.3 is 14.5 Å². The van der Waals surface area contributed by atoms with Gasteiger partial charge in [-0.1, -0.05) is 0 Å². The normalized spacial score (nSPS) is 16.8. The van der Waals surface area contributed by atoms with Gasteiger partial charge in [0.1, 0.15) is 5.75 Å². The second-order valence-electron chi connectivity index (χ2n) is 7.97. The summed E-state index contributed by atoms with van der Waals surface area (Å²) < 4.78 is 7.39. The molecule has 1 aliphatic heterocycles. The highest BCUT2D eigenvalue weighted by Crippen LogP contribution is 2.22. The summed E-state index contributed by atoms with van der Waals surface area (Å²) in [4.78, 5) is 16.3. The highest BCUT2D eigenvalue weighted by Gasteiger charge is 2.19. The molecule has 1 amide bonds. The lowest BCUT2D eigenvalue weighted by atomic mass is 10.1. The van der Waals surface area contributed by atoms with Gasteiger partial charge in [-0.25, -0.2) is 0 Å². The largest absolute Gasteiger partial charge is 0.494 e. The third-order valence-corrected chi connectivity index (χ3v) is 5.56. The Balaban J connectivity index is 1.40. The third-order valence-electron chi connectivity index (χ3n) is 5.56. The molecule has 0 bridgehead atoms. The maximum atomic E-state index is 12.3. The number of benzene rings is 1. The molecule has 0 aliphatic carbocycles. The van der Waals surface area contributed by atoms with Crippen LogP contribution in [-0.4, -0.2) is 75.4 Å². The zero-order valence-electron chi connectivity index (χ0n) is 17.8. The fraction of sp³-hybridized carbons (Fsp3) is 0.455. The van der Waals surface area contributed by atoms with Gasteiger partial charge >= 0.3 is 0 Å². The average molecular weight is 409 g/mol. The van der Waals surface area contributed by atoms with Gasteiger partial charge in [-0.2, -0.15) is 9.61 Å². The van der Waals surface area contributed by atoms with Gasteiger partial charge in [0.2, 0.25) is 5.82 Å². The van der Waals surface area contributed by atoms with E-state index in [0.717, 1.165) is 30.0 Å². The Morgan fingerprint density at radius 2 is 1.97 bits per heavy atom. The van der Waals surface area contributed by atoms with Crippen molar-refractivity contribution in [3.8, 4) is 17.0 Å². The smallest absolute Gasteiger partial charge is 0.293 e. The van der Waals surface area contributed by atoms with Crippen LogP contribution in [0.25, 0.3) is 16.9 Å². The average Bonchev–Trinajstić information content (AvgIpc) is 3.36. The van der Waals surface area contributed by atoms with Crippen LogP contribution in [0.5, 0.6) is 5.75 Å². The molecule has 8 heteroatoms. The van der Waals surface area contributed by atoms with Crippen molar-refractivity contribution in [2.24, 2.45) is 0 Å². The van der Waals surface area contributed by atoms with E-state index in [1.807, 2.05) is 36.4 Å². The van der Waals surface area contributed by atoms with Crippen LogP contribution >= 0.6 is 0 Å². The van der Waals surface area contributed by atoms with Gasteiger partial charge in [-0.05, 0) is 69.1 Å². The molecule has 1 aromatic carbocycles. The molecule has 30 heavy (non-hydrogen) atoms. The molecule has 3 heterocycles. The molecule has 2 aromatic heterocycles. The molecule has 158 valence electrons. The molecule has 1 aliphatic rings. The molecule has 1 saturated heterocycles. The van der Waals surface area contributed by atoms with E-state index in [1.54, 1.807) is 14.1 Å². The van der Waals surface area contributed by atoms with Gasteiger partial charge in [0.05, 0.1) is 12.3 Å². The number of rotatable bonds is 7. The van der Waals surface area contributed by atoms with Crippen molar-refractivity contribution in [3.05, 3.63) is 42.2 Å². The molecule has 0 saturated carbocycles.